The summed E-state index contributed by atoms with van der Waals surface area (Å²) in [5.74, 6) is -0.281. The Bertz CT molecular complexity index is 1010. The van der Waals surface area contributed by atoms with Crippen LogP contribution in [-0.4, -0.2) is 38.4 Å². The van der Waals surface area contributed by atoms with Crippen molar-refractivity contribution in [1.29, 1.82) is 0 Å². The van der Waals surface area contributed by atoms with Crippen LogP contribution in [-0.2, 0) is 4.79 Å². The fourth-order valence-corrected chi connectivity index (χ4v) is 4.01. The van der Waals surface area contributed by atoms with E-state index < -0.39 is 10.7 Å². The van der Waals surface area contributed by atoms with E-state index in [1.54, 1.807) is 18.4 Å². The molecule has 1 fully saturated rings. The van der Waals surface area contributed by atoms with Gasteiger partial charge in [0, 0.05) is 5.39 Å². The number of thioether (sulfide) groups is 1. The summed E-state index contributed by atoms with van der Waals surface area (Å²) in [6.45, 7) is 3.28. The fourth-order valence-electron chi connectivity index (χ4n) is 3.10. The molecule has 0 unspecified atom stereocenters. The molecule has 0 amide bonds. The first-order valence-corrected chi connectivity index (χ1v) is 9.35. The number of hydrogen-bond acceptors (Lipinski definition) is 4. The second-order valence-electron chi connectivity index (χ2n) is 7.09. The summed E-state index contributed by atoms with van der Waals surface area (Å²) in [7, 11) is 6.10. The molecule has 1 aliphatic carbocycles. The number of carboxylic acid groups (broad SMARTS) is 1. The molecule has 1 aliphatic rings. The first-order valence-electron chi connectivity index (χ1n) is 8.54. The van der Waals surface area contributed by atoms with Crippen LogP contribution in [0.1, 0.15) is 38.2 Å². The summed E-state index contributed by atoms with van der Waals surface area (Å²) in [6.07, 6.45) is 2.46. The number of benzene rings is 2. The molecule has 1 heterocycles. The Morgan fingerprint density at radius 2 is 1.88 bits per heavy atom. The van der Waals surface area contributed by atoms with Crippen molar-refractivity contribution in [3.8, 4) is 5.69 Å². The van der Waals surface area contributed by atoms with Crippen LogP contribution in [0.15, 0.2) is 41.6 Å². The maximum Gasteiger partial charge on any atom is 0.319 e. The van der Waals surface area contributed by atoms with Gasteiger partial charge < -0.3 is 5.11 Å². The molecule has 2 aromatic carbocycles. The standard InChI is InChI=1S/C19H18BN3O2S/c1-19(2,16(24)25)26-18-22-21-17(20)23(18)15-10-9-12(11-7-8-11)13-5-3-4-6-14(13)15/h3-6,9-11H,7-8H2,1-2H3,(H,24,25). The summed E-state index contributed by atoms with van der Waals surface area (Å²) in [6, 6.07) is 12.4. The number of hydrogen-bond donors (Lipinski definition) is 1. The average molecular weight is 363 g/mol. The van der Waals surface area contributed by atoms with E-state index in [2.05, 4.69) is 28.4 Å². The second kappa shape index (κ2) is 6.16. The molecular weight excluding hydrogens is 345 g/mol. The van der Waals surface area contributed by atoms with Crippen molar-refractivity contribution < 1.29 is 9.90 Å². The minimum Gasteiger partial charge on any atom is -0.480 e. The summed E-state index contributed by atoms with van der Waals surface area (Å²) in [5, 5.41) is 20.3. The Morgan fingerprint density at radius 3 is 2.54 bits per heavy atom. The predicted molar refractivity (Wildman–Crippen MR) is 104 cm³/mol. The SMILES string of the molecule is [B]c1nnc(SC(C)(C)C(=O)O)n1-c1ccc(C2CC2)c2ccccc12. The Hall–Kier alpha value is -2.28. The zero-order valence-corrected chi connectivity index (χ0v) is 15.5. The van der Waals surface area contributed by atoms with Crippen LogP contribution in [0, 0.1) is 0 Å². The summed E-state index contributed by atoms with van der Waals surface area (Å²) in [4.78, 5) is 11.5. The molecule has 3 aromatic rings. The van der Waals surface area contributed by atoms with Crippen molar-refractivity contribution in [1.82, 2.24) is 14.8 Å². The van der Waals surface area contributed by atoms with Crippen molar-refractivity contribution in [2.45, 2.75) is 42.5 Å². The van der Waals surface area contributed by atoms with Gasteiger partial charge in [-0.2, -0.15) is 0 Å². The van der Waals surface area contributed by atoms with E-state index in [-0.39, 0.29) is 5.72 Å². The monoisotopic (exact) mass is 363 g/mol. The quantitative estimate of drug-likeness (QED) is 0.558. The molecule has 130 valence electrons. The highest BCUT2D eigenvalue weighted by atomic mass is 32.2. The number of rotatable bonds is 5. The lowest BCUT2D eigenvalue weighted by atomic mass is 9.99. The number of nitrogens with zero attached hydrogens (tertiary/aromatic N) is 3. The van der Waals surface area contributed by atoms with Crippen LogP contribution < -0.4 is 5.72 Å². The van der Waals surface area contributed by atoms with Gasteiger partial charge in [0.25, 0.3) is 0 Å². The number of carbonyl (C=O) groups is 1. The Labute approximate surface area is 157 Å². The maximum atomic E-state index is 11.5. The molecule has 1 N–H and O–H groups in total. The van der Waals surface area contributed by atoms with Gasteiger partial charge in [-0.1, -0.05) is 42.1 Å². The van der Waals surface area contributed by atoms with Gasteiger partial charge in [-0.25, -0.2) is 0 Å². The molecule has 0 bridgehead atoms. The van der Waals surface area contributed by atoms with E-state index in [4.69, 9.17) is 7.85 Å². The topological polar surface area (TPSA) is 68.0 Å². The van der Waals surface area contributed by atoms with E-state index in [0.29, 0.717) is 11.1 Å². The highest BCUT2D eigenvalue weighted by Crippen LogP contribution is 2.44. The van der Waals surface area contributed by atoms with Crippen molar-refractivity contribution >= 4 is 42.1 Å². The van der Waals surface area contributed by atoms with E-state index in [1.807, 2.05) is 18.2 Å². The lowest BCUT2D eigenvalue weighted by Crippen LogP contribution is -2.28. The highest BCUT2D eigenvalue weighted by Gasteiger charge is 2.32. The molecule has 26 heavy (non-hydrogen) atoms. The molecule has 2 radical (unpaired) electrons. The smallest absolute Gasteiger partial charge is 0.319 e. The summed E-state index contributed by atoms with van der Waals surface area (Å²) >= 11 is 1.14. The van der Waals surface area contributed by atoms with Gasteiger partial charge >= 0.3 is 5.97 Å². The normalized spacial score (nSPS) is 14.7. The maximum absolute atomic E-state index is 11.5. The molecular formula is C19H18BN3O2S. The number of aliphatic carboxylic acids is 1. The average Bonchev–Trinajstić information content (AvgIpc) is 3.39. The first-order chi connectivity index (χ1) is 12.4. The van der Waals surface area contributed by atoms with Gasteiger partial charge in [-0.05, 0) is 49.6 Å². The first kappa shape index (κ1) is 17.2. The van der Waals surface area contributed by atoms with E-state index in [0.717, 1.165) is 22.8 Å². The fraction of sp³-hybridized carbons (Fsp3) is 0.316. The van der Waals surface area contributed by atoms with Crippen LogP contribution in [0.3, 0.4) is 0 Å². The summed E-state index contributed by atoms with van der Waals surface area (Å²) < 4.78 is 0.704. The van der Waals surface area contributed by atoms with Crippen molar-refractivity contribution in [2.24, 2.45) is 0 Å². The van der Waals surface area contributed by atoms with Gasteiger partial charge in [0.1, 0.15) is 4.75 Å². The van der Waals surface area contributed by atoms with Crippen molar-refractivity contribution in [3.05, 3.63) is 42.0 Å². The third-order valence-electron chi connectivity index (χ3n) is 4.71. The summed E-state index contributed by atoms with van der Waals surface area (Å²) in [5.41, 5.74) is 2.48. The third-order valence-corrected chi connectivity index (χ3v) is 5.84. The van der Waals surface area contributed by atoms with Gasteiger partial charge in [0.15, 0.2) is 13.0 Å². The van der Waals surface area contributed by atoms with E-state index in [1.165, 1.54) is 23.8 Å². The number of carboxylic acids is 1. The minimum atomic E-state index is -1.04. The van der Waals surface area contributed by atoms with Crippen molar-refractivity contribution in [3.63, 3.8) is 0 Å². The molecule has 5 nitrogen and oxygen atoms in total. The molecule has 0 aliphatic heterocycles. The highest BCUT2D eigenvalue weighted by molar-refractivity contribution is 8.01. The van der Waals surface area contributed by atoms with Crippen molar-refractivity contribution in [2.75, 3.05) is 0 Å². The van der Waals surface area contributed by atoms with Gasteiger partial charge in [0.2, 0.25) is 0 Å². The van der Waals surface area contributed by atoms with Gasteiger partial charge in [-0.15, -0.1) is 10.2 Å². The second-order valence-corrected chi connectivity index (χ2v) is 8.68. The van der Waals surface area contributed by atoms with Crippen LogP contribution in [0.2, 0.25) is 0 Å². The molecule has 4 rings (SSSR count). The molecule has 1 saturated carbocycles. The zero-order valence-electron chi connectivity index (χ0n) is 14.6. The third kappa shape index (κ3) is 2.90. The van der Waals surface area contributed by atoms with Gasteiger partial charge in [-0.3, -0.25) is 9.36 Å². The Kier molecular flexibility index (Phi) is 4.06. The predicted octanol–water partition coefficient (Wildman–Crippen LogP) is 3.05. The molecule has 7 heteroatoms. The molecule has 0 atom stereocenters. The zero-order chi connectivity index (χ0) is 18.5. The van der Waals surface area contributed by atoms with Crippen LogP contribution >= 0.6 is 11.8 Å². The van der Waals surface area contributed by atoms with E-state index in [9.17, 15) is 9.90 Å². The minimum absolute atomic E-state index is 0.248. The van der Waals surface area contributed by atoms with Crippen LogP contribution in [0.4, 0.5) is 0 Å². The lowest BCUT2D eigenvalue weighted by Gasteiger charge is -2.19. The lowest BCUT2D eigenvalue weighted by molar-refractivity contribution is -0.138. The number of fused-ring (bicyclic) bond motifs is 1. The number of aromatic nitrogens is 3. The molecule has 0 saturated heterocycles. The van der Waals surface area contributed by atoms with Gasteiger partial charge in [0.05, 0.1) is 11.4 Å². The largest absolute Gasteiger partial charge is 0.480 e. The van der Waals surface area contributed by atoms with E-state index >= 15 is 0 Å². The van der Waals surface area contributed by atoms with Crippen LogP contribution in [0.5, 0.6) is 0 Å². The Balaban J connectivity index is 1.88. The molecule has 0 spiro atoms. The molecule has 1 aromatic heterocycles. The Morgan fingerprint density at radius 1 is 1.19 bits per heavy atom. The van der Waals surface area contributed by atoms with Crippen LogP contribution in [0.25, 0.3) is 16.5 Å².